The molecule has 0 bridgehead atoms. The van der Waals surface area contributed by atoms with Crippen LogP contribution in [0.2, 0.25) is 0 Å². The van der Waals surface area contributed by atoms with E-state index in [0.29, 0.717) is 0 Å². The van der Waals surface area contributed by atoms with Crippen molar-refractivity contribution in [2.45, 2.75) is 18.9 Å². The van der Waals surface area contributed by atoms with Gasteiger partial charge in [0.2, 0.25) is 0 Å². The average Bonchev–Trinajstić information content (AvgIpc) is 2.48. The van der Waals surface area contributed by atoms with Gasteiger partial charge in [0, 0.05) is 6.04 Å². The van der Waals surface area contributed by atoms with E-state index in [2.05, 4.69) is 12.1 Å². The third-order valence-corrected chi connectivity index (χ3v) is 3.29. The molecule has 3 nitrogen and oxygen atoms in total. The van der Waals surface area contributed by atoms with Crippen LogP contribution in [0.4, 0.5) is 0 Å². The zero-order chi connectivity index (χ0) is 14.4. The lowest BCUT2D eigenvalue weighted by Gasteiger charge is -2.14. The highest BCUT2D eigenvalue weighted by molar-refractivity contribution is 5.43. The predicted molar refractivity (Wildman–Crippen MR) is 81.4 cm³/mol. The lowest BCUT2D eigenvalue weighted by atomic mass is 9.99. The molecule has 0 heterocycles. The Balaban J connectivity index is 2.02. The minimum atomic E-state index is 0.0931. The molecule has 3 heteroatoms. The molecule has 0 saturated carbocycles. The average molecular weight is 271 g/mol. The SMILES string of the molecule is COc1ccc(C[C@H](N)Cc2ccccc2)cc1OC. The van der Waals surface area contributed by atoms with Gasteiger partial charge in [-0.2, -0.15) is 0 Å². The minimum Gasteiger partial charge on any atom is -0.493 e. The van der Waals surface area contributed by atoms with E-state index >= 15 is 0 Å². The van der Waals surface area contributed by atoms with Crippen LogP contribution in [0.3, 0.4) is 0 Å². The summed E-state index contributed by atoms with van der Waals surface area (Å²) in [5.74, 6) is 1.49. The number of ether oxygens (including phenoxy) is 2. The molecule has 0 unspecified atom stereocenters. The Kier molecular flexibility index (Phi) is 5.02. The van der Waals surface area contributed by atoms with Crippen LogP contribution < -0.4 is 15.2 Å². The van der Waals surface area contributed by atoms with Gasteiger partial charge in [0.15, 0.2) is 11.5 Å². The lowest BCUT2D eigenvalue weighted by Crippen LogP contribution is -2.25. The molecule has 2 aromatic rings. The maximum atomic E-state index is 6.23. The summed E-state index contributed by atoms with van der Waals surface area (Å²) in [5.41, 5.74) is 8.65. The molecule has 2 N–H and O–H groups in total. The minimum absolute atomic E-state index is 0.0931. The molecule has 20 heavy (non-hydrogen) atoms. The van der Waals surface area contributed by atoms with Crippen molar-refractivity contribution in [2.24, 2.45) is 5.73 Å². The van der Waals surface area contributed by atoms with Crippen LogP contribution in [0.1, 0.15) is 11.1 Å². The third kappa shape index (κ3) is 3.75. The number of nitrogens with two attached hydrogens (primary N) is 1. The molecule has 0 amide bonds. The normalized spacial score (nSPS) is 11.9. The van der Waals surface area contributed by atoms with Gasteiger partial charge in [0.1, 0.15) is 0 Å². The lowest BCUT2D eigenvalue weighted by molar-refractivity contribution is 0.354. The van der Waals surface area contributed by atoms with E-state index in [0.717, 1.165) is 29.9 Å². The van der Waals surface area contributed by atoms with E-state index in [1.165, 1.54) is 5.56 Å². The standard InChI is InChI=1S/C17H21NO2/c1-19-16-9-8-14(12-17(16)20-2)11-15(18)10-13-6-4-3-5-7-13/h3-9,12,15H,10-11,18H2,1-2H3/t15-/m1/s1. The zero-order valence-electron chi connectivity index (χ0n) is 12.0. The summed E-state index contributed by atoms with van der Waals surface area (Å²) in [6.45, 7) is 0. The number of methoxy groups -OCH3 is 2. The van der Waals surface area contributed by atoms with Gasteiger partial charge < -0.3 is 15.2 Å². The van der Waals surface area contributed by atoms with Gasteiger partial charge in [-0.1, -0.05) is 36.4 Å². The molecule has 2 aromatic carbocycles. The summed E-state index contributed by atoms with van der Waals surface area (Å²) in [7, 11) is 3.28. The van der Waals surface area contributed by atoms with Gasteiger partial charge >= 0.3 is 0 Å². The van der Waals surface area contributed by atoms with Crippen LogP contribution >= 0.6 is 0 Å². The molecule has 0 aromatic heterocycles. The van der Waals surface area contributed by atoms with Crippen molar-refractivity contribution >= 4 is 0 Å². The Labute approximate surface area is 120 Å². The fourth-order valence-corrected chi connectivity index (χ4v) is 2.30. The molecule has 0 aliphatic rings. The van der Waals surface area contributed by atoms with Crippen molar-refractivity contribution in [3.05, 3.63) is 59.7 Å². The number of hydrogen-bond donors (Lipinski definition) is 1. The zero-order valence-corrected chi connectivity index (χ0v) is 12.0. The summed E-state index contributed by atoms with van der Waals surface area (Å²) < 4.78 is 10.5. The van der Waals surface area contributed by atoms with Crippen molar-refractivity contribution in [1.29, 1.82) is 0 Å². The number of benzene rings is 2. The number of hydrogen-bond acceptors (Lipinski definition) is 3. The van der Waals surface area contributed by atoms with Crippen LogP contribution in [0, 0.1) is 0 Å². The van der Waals surface area contributed by atoms with Crippen LogP contribution in [0.25, 0.3) is 0 Å². The molecule has 0 aliphatic heterocycles. The fraction of sp³-hybridized carbons (Fsp3) is 0.294. The van der Waals surface area contributed by atoms with E-state index < -0.39 is 0 Å². The monoisotopic (exact) mass is 271 g/mol. The molecular weight excluding hydrogens is 250 g/mol. The maximum absolute atomic E-state index is 6.23. The summed E-state index contributed by atoms with van der Waals surface area (Å²) in [6.07, 6.45) is 1.68. The molecular formula is C17H21NO2. The van der Waals surface area contributed by atoms with E-state index in [-0.39, 0.29) is 6.04 Å². The van der Waals surface area contributed by atoms with E-state index in [9.17, 15) is 0 Å². The van der Waals surface area contributed by atoms with Crippen LogP contribution in [0.15, 0.2) is 48.5 Å². The van der Waals surface area contributed by atoms with E-state index in [1.54, 1.807) is 14.2 Å². The summed E-state index contributed by atoms with van der Waals surface area (Å²) >= 11 is 0. The smallest absolute Gasteiger partial charge is 0.160 e. The molecule has 0 radical (unpaired) electrons. The van der Waals surface area contributed by atoms with Gasteiger partial charge in [-0.05, 0) is 36.1 Å². The first-order chi connectivity index (χ1) is 9.72. The van der Waals surface area contributed by atoms with Crippen molar-refractivity contribution in [3.63, 3.8) is 0 Å². The van der Waals surface area contributed by atoms with Crippen molar-refractivity contribution < 1.29 is 9.47 Å². The van der Waals surface area contributed by atoms with Gasteiger partial charge in [0.25, 0.3) is 0 Å². The van der Waals surface area contributed by atoms with Gasteiger partial charge in [-0.15, -0.1) is 0 Å². The quantitative estimate of drug-likeness (QED) is 0.878. The van der Waals surface area contributed by atoms with Crippen LogP contribution in [0.5, 0.6) is 11.5 Å². The second-order valence-corrected chi connectivity index (χ2v) is 4.84. The third-order valence-electron chi connectivity index (χ3n) is 3.29. The first-order valence-corrected chi connectivity index (χ1v) is 6.73. The Hall–Kier alpha value is -2.00. The Morgan fingerprint density at radius 1 is 0.850 bits per heavy atom. The van der Waals surface area contributed by atoms with Gasteiger partial charge in [-0.3, -0.25) is 0 Å². The molecule has 0 fully saturated rings. The maximum Gasteiger partial charge on any atom is 0.160 e. The topological polar surface area (TPSA) is 44.5 Å². The van der Waals surface area contributed by atoms with Crippen molar-refractivity contribution in [2.75, 3.05) is 14.2 Å². The second kappa shape index (κ2) is 6.96. The largest absolute Gasteiger partial charge is 0.493 e. The molecule has 2 rings (SSSR count). The van der Waals surface area contributed by atoms with Gasteiger partial charge in [0.05, 0.1) is 14.2 Å². The second-order valence-electron chi connectivity index (χ2n) is 4.84. The summed E-state index contributed by atoms with van der Waals surface area (Å²) in [4.78, 5) is 0. The van der Waals surface area contributed by atoms with Gasteiger partial charge in [-0.25, -0.2) is 0 Å². The summed E-state index contributed by atoms with van der Waals surface area (Å²) in [6, 6.07) is 16.3. The Bertz CT molecular complexity index is 540. The molecule has 0 saturated heterocycles. The van der Waals surface area contributed by atoms with Crippen LogP contribution in [-0.4, -0.2) is 20.3 Å². The number of rotatable bonds is 6. The summed E-state index contributed by atoms with van der Waals surface area (Å²) in [5, 5.41) is 0. The Morgan fingerprint density at radius 2 is 1.50 bits per heavy atom. The fourth-order valence-electron chi connectivity index (χ4n) is 2.30. The van der Waals surface area contributed by atoms with Crippen molar-refractivity contribution in [3.8, 4) is 11.5 Å². The highest BCUT2D eigenvalue weighted by Gasteiger charge is 2.09. The Morgan fingerprint density at radius 3 is 2.15 bits per heavy atom. The first-order valence-electron chi connectivity index (χ1n) is 6.73. The highest BCUT2D eigenvalue weighted by Crippen LogP contribution is 2.28. The first kappa shape index (κ1) is 14.4. The highest BCUT2D eigenvalue weighted by atomic mass is 16.5. The van der Waals surface area contributed by atoms with E-state index in [1.807, 2.05) is 36.4 Å². The van der Waals surface area contributed by atoms with E-state index in [4.69, 9.17) is 15.2 Å². The molecule has 1 atom stereocenters. The molecule has 0 aliphatic carbocycles. The van der Waals surface area contributed by atoms with Crippen LogP contribution in [-0.2, 0) is 12.8 Å². The molecule has 106 valence electrons. The van der Waals surface area contributed by atoms with Crippen molar-refractivity contribution in [1.82, 2.24) is 0 Å². The molecule has 0 spiro atoms. The predicted octanol–water partition coefficient (Wildman–Crippen LogP) is 2.82.